The summed E-state index contributed by atoms with van der Waals surface area (Å²) in [7, 11) is 0. The number of carboxylic acid groups (broad SMARTS) is 1. The van der Waals surface area contributed by atoms with Gasteiger partial charge in [-0.3, -0.25) is 9.59 Å². The quantitative estimate of drug-likeness (QED) is 0.660. The number of ether oxygens (including phenoxy) is 1. The minimum absolute atomic E-state index is 0.0436. The minimum Gasteiger partial charge on any atom is -0.481 e. The molecule has 0 bridgehead atoms. The van der Waals surface area contributed by atoms with E-state index in [1.165, 1.54) is 0 Å². The highest BCUT2D eigenvalue weighted by Crippen LogP contribution is 2.36. The summed E-state index contributed by atoms with van der Waals surface area (Å²) in [5.41, 5.74) is 0.479. The van der Waals surface area contributed by atoms with E-state index in [1.54, 1.807) is 0 Å². The fourth-order valence-corrected chi connectivity index (χ4v) is 3.50. The van der Waals surface area contributed by atoms with Crippen molar-refractivity contribution in [1.29, 1.82) is 0 Å². The molecule has 1 aliphatic heterocycles. The molecule has 0 saturated carbocycles. The second-order valence-electron chi connectivity index (χ2n) is 6.17. The highest BCUT2D eigenvalue weighted by Gasteiger charge is 2.41. The SMILES string of the molecule is O=C(O)CCCCCNC(=O)C1(c2cccc(Br)c2)CCOCC1. The van der Waals surface area contributed by atoms with E-state index in [9.17, 15) is 9.59 Å². The van der Waals surface area contributed by atoms with Gasteiger partial charge in [0, 0.05) is 30.7 Å². The van der Waals surface area contributed by atoms with Gasteiger partial charge in [-0.25, -0.2) is 0 Å². The smallest absolute Gasteiger partial charge is 0.303 e. The van der Waals surface area contributed by atoms with Gasteiger partial charge in [0.15, 0.2) is 0 Å². The van der Waals surface area contributed by atoms with E-state index in [1.807, 2.05) is 24.3 Å². The van der Waals surface area contributed by atoms with Gasteiger partial charge in [0.2, 0.25) is 5.91 Å². The van der Waals surface area contributed by atoms with Gasteiger partial charge in [-0.1, -0.05) is 34.5 Å². The molecule has 0 atom stereocenters. The predicted molar refractivity (Wildman–Crippen MR) is 95.0 cm³/mol. The summed E-state index contributed by atoms with van der Waals surface area (Å²) in [5.74, 6) is -0.725. The first-order chi connectivity index (χ1) is 11.5. The first-order valence-electron chi connectivity index (χ1n) is 8.38. The Morgan fingerprint density at radius 2 is 1.96 bits per heavy atom. The lowest BCUT2D eigenvalue weighted by atomic mass is 9.73. The van der Waals surface area contributed by atoms with E-state index in [-0.39, 0.29) is 12.3 Å². The van der Waals surface area contributed by atoms with Crippen molar-refractivity contribution in [2.24, 2.45) is 0 Å². The Morgan fingerprint density at radius 1 is 1.21 bits per heavy atom. The molecule has 132 valence electrons. The van der Waals surface area contributed by atoms with Crippen LogP contribution in [0.3, 0.4) is 0 Å². The highest BCUT2D eigenvalue weighted by molar-refractivity contribution is 9.10. The first-order valence-corrected chi connectivity index (χ1v) is 9.18. The number of carboxylic acids is 1. The molecular weight excluding hydrogens is 374 g/mol. The minimum atomic E-state index is -0.769. The molecule has 1 aromatic carbocycles. The van der Waals surface area contributed by atoms with E-state index in [2.05, 4.69) is 21.2 Å². The lowest BCUT2D eigenvalue weighted by Gasteiger charge is -2.36. The van der Waals surface area contributed by atoms with Crippen LogP contribution in [0.2, 0.25) is 0 Å². The molecule has 1 amide bonds. The molecule has 1 aromatic rings. The summed E-state index contributed by atoms with van der Waals surface area (Å²) in [6.45, 7) is 1.74. The Bertz CT molecular complexity index is 570. The third kappa shape index (κ3) is 5.05. The van der Waals surface area contributed by atoms with E-state index < -0.39 is 11.4 Å². The van der Waals surface area contributed by atoms with Crippen molar-refractivity contribution in [3.8, 4) is 0 Å². The second kappa shape index (κ2) is 9.18. The summed E-state index contributed by atoms with van der Waals surface area (Å²) in [4.78, 5) is 23.4. The molecule has 0 aliphatic carbocycles. The number of hydrogen-bond acceptors (Lipinski definition) is 3. The maximum atomic E-state index is 12.9. The Hall–Kier alpha value is -1.40. The highest BCUT2D eigenvalue weighted by atomic mass is 79.9. The van der Waals surface area contributed by atoms with Crippen LogP contribution in [0, 0.1) is 0 Å². The largest absolute Gasteiger partial charge is 0.481 e. The van der Waals surface area contributed by atoms with Crippen molar-refractivity contribution in [1.82, 2.24) is 5.32 Å². The van der Waals surface area contributed by atoms with Crippen LogP contribution in [-0.2, 0) is 19.7 Å². The Labute approximate surface area is 150 Å². The van der Waals surface area contributed by atoms with Gasteiger partial charge in [-0.2, -0.15) is 0 Å². The zero-order valence-corrected chi connectivity index (χ0v) is 15.3. The number of halogens is 1. The average Bonchev–Trinajstić information content (AvgIpc) is 2.58. The molecule has 2 rings (SSSR count). The first kappa shape index (κ1) is 18.9. The molecule has 24 heavy (non-hydrogen) atoms. The van der Waals surface area contributed by atoms with E-state index in [4.69, 9.17) is 9.84 Å². The van der Waals surface area contributed by atoms with Crippen molar-refractivity contribution >= 4 is 27.8 Å². The van der Waals surface area contributed by atoms with E-state index >= 15 is 0 Å². The van der Waals surface area contributed by atoms with Crippen LogP contribution in [0.5, 0.6) is 0 Å². The van der Waals surface area contributed by atoms with E-state index in [0.717, 1.165) is 22.9 Å². The van der Waals surface area contributed by atoms with Crippen molar-refractivity contribution in [2.75, 3.05) is 19.8 Å². The zero-order valence-electron chi connectivity index (χ0n) is 13.7. The summed E-state index contributed by atoms with van der Waals surface area (Å²) >= 11 is 3.48. The number of carbonyl (C=O) groups is 2. The van der Waals surface area contributed by atoms with Gasteiger partial charge in [0.25, 0.3) is 0 Å². The molecule has 6 heteroatoms. The fourth-order valence-electron chi connectivity index (χ4n) is 3.10. The van der Waals surface area contributed by atoms with Crippen molar-refractivity contribution < 1.29 is 19.4 Å². The summed E-state index contributed by atoms with van der Waals surface area (Å²) in [6, 6.07) is 7.92. The van der Waals surface area contributed by atoms with Crippen molar-refractivity contribution in [3.05, 3.63) is 34.3 Å². The molecule has 5 nitrogen and oxygen atoms in total. The number of hydrogen-bond donors (Lipinski definition) is 2. The average molecular weight is 398 g/mol. The topological polar surface area (TPSA) is 75.6 Å². The number of rotatable bonds is 8. The fraction of sp³-hybridized carbons (Fsp3) is 0.556. The van der Waals surface area contributed by atoms with Crippen LogP contribution < -0.4 is 5.32 Å². The van der Waals surface area contributed by atoms with Gasteiger partial charge in [-0.15, -0.1) is 0 Å². The van der Waals surface area contributed by atoms with Crippen LogP contribution in [0.4, 0.5) is 0 Å². The molecule has 2 N–H and O–H groups in total. The number of amides is 1. The Morgan fingerprint density at radius 3 is 2.62 bits per heavy atom. The van der Waals surface area contributed by atoms with Gasteiger partial charge in [0.1, 0.15) is 0 Å². The normalized spacial score (nSPS) is 16.5. The number of benzene rings is 1. The number of carbonyl (C=O) groups excluding carboxylic acids is 1. The van der Waals surface area contributed by atoms with Gasteiger partial charge >= 0.3 is 5.97 Å². The maximum Gasteiger partial charge on any atom is 0.303 e. The second-order valence-corrected chi connectivity index (χ2v) is 7.08. The molecule has 1 heterocycles. The van der Waals surface area contributed by atoms with Gasteiger partial charge < -0.3 is 15.2 Å². The molecule has 0 aromatic heterocycles. The van der Waals surface area contributed by atoms with Crippen molar-refractivity contribution in [3.63, 3.8) is 0 Å². The van der Waals surface area contributed by atoms with Crippen LogP contribution in [-0.4, -0.2) is 36.7 Å². The van der Waals surface area contributed by atoms with Gasteiger partial charge in [-0.05, 0) is 43.4 Å². The van der Waals surface area contributed by atoms with Crippen molar-refractivity contribution in [2.45, 2.75) is 43.9 Å². The summed E-state index contributed by atoms with van der Waals surface area (Å²) in [6.07, 6.45) is 3.79. The van der Waals surface area contributed by atoms with Crippen LogP contribution in [0.25, 0.3) is 0 Å². The number of unbranched alkanes of at least 4 members (excludes halogenated alkanes) is 2. The molecule has 1 fully saturated rings. The molecule has 1 aliphatic rings. The zero-order chi connectivity index (χ0) is 17.4. The third-order valence-corrected chi connectivity index (χ3v) is 5.00. The van der Waals surface area contributed by atoms with E-state index in [0.29, 0.717) is 39.0 Å². The molecule has 0 unspecified atom stereocenters. The number of nitrogens with one attached hydrogen (secondary N) is 1. The molecule has 0 spiro atoms. The lowest BCUT2D eigenvalue weighted by Crippen LogP contribution is -2.48. The summed E-state index contributed by atoms with van der Waals surface area (Å²) in [5, 5.41) is 11.7. The standard InChI is InChI=1S/C18H24BrNO4/c19-15-6-4-5-14(13-15)18(8-11-24-12-9-18)17(23)20-10-3-1-2-7-16(21)22/h4-6,13H,1-3,7-12H2,(H,20,23)(H,21,22). The molecule has 0 radical (unpaired) electrons. The Balaban J connectivity index is 1.95. The molecule has 1 saturated heterocycles. The van der Waals surface area contributed by atoms with Gasteiger partial charge in [0.05, 0.1) is 5.41 Å². The number of aliphatic carboxylic acids is 1. The van der Waals surface area contributed by atoms with Crippen LogP contribution in [0.1, 0.15) is 44.1 Å². The maximum absolute atomic E-state index is 12.9. The monoisotopic (exact) mass is 397 g/mol. The lowest BCUT2D eigenvalue weighted by molar-refractivity contribution is -0.137. The molecular formula is C18H24BrNO4. The predicted octanol–water partition coefficient (Wildman–Crippen LogP) is 3.26. The summed E-state index contributed by atoms with van der Waals surface area (Å²) < 4.78 is 6.42. The third-order valence-electron chi connectivity index (χ3n) is 4.51. The Kier molecular flexibility index (Phi) is 7.24. The van der Waals surface area contributed by atoms with Crippen LogP contribution >= 0.6 is 15.9 Å². The van der Waals surface area contributed by atoms with Crippen LogP contribution in [0.15, 0.2) is 28.7 Å².